The van der Waals surface area contributed by atoms with Crippen LogP contribution in [0.15, 0.2) is 36.0 Å². The van der Waals surface area contributed by atoms with Crippen LogP contribution in [0.4, 0.5) is 0 Å². The molecule has 5 heteroatoms. The van der Waals surface area contributed by atoms with Gasteiger partial charge in [-0.3, -0.25) is 9.59 Å². The number of allylic oxidation sites excluding steroid dienone is 4. The Morgan fingerprint density at radius 2 is 1.91 bits per heavy atom. The molecule has 3 aliphatic carbocycles. The highest BCUT2D eigenvalue weighted by atomic mass is 16.5. The molecular weight excluding hydrogens is 404 g/mol. The van der Waals surface area contributed by atoms with Crippen LogP contribution in [-0.2, 0) is 19.1 Å². The Kier molecular flexibility index (Phi) is 7.36. The third kappa shape index (κ3) is 4.79. The average molecular weight is 443 g/mol. The standard InChI is InChI=1S/C27H38O5/c1-16(28)10-12-19-7-5-9-25(31-3)17(2)27(30)24-14-22-20-8-4-6-18(20)11-13-21(22)23(24)15-26(29)32-19/h10-14,16-23,25,28H,4-9,15H2,1-3H3/b12-10+/t16?,17-,18?,19-,20?,21?,22?,23?,25+/m1/s1. The van der Waals surface area contributed by atoms with Gasteiger partial charge in [0.1, 0.15) is 6.10 Å². The predicted octanol–water partition coefficient (Wildman–Crippen LogP) is 4.40. The van der Waals surface area contributed by atoms with Crippen LogP contribution in [0.2, 0.25) is 0 Å². The number of fused-ring (bicyclic) bond motifs is 5. The van der Waals surface area contributed by atoms with Gasteiger partial charge >= 0.3 is 5.97 Å². The highest BCUT2D eigenvalue weighted by Crippen LogP contribution is 2.53. The van der Waals surface area contributed by atoms with Crippen molar-refractivity contribution in [3.8, 4) is 0 Å². The first-order chi connectivity index (χ1) is 15.4. The zero-order valence-corrected chi connectivity index (χ0v) is 19.6. The molecule has 0 amide bonds. The zero-order chi connectivity index (χ0) is 22.8. The maximum atomic E-state index is 13.6. The minimum Gasteiger partial charge on any atom is -0.458 e. The Balaban J connectivity index is 1.64. The van der Waals surface area contributed by atoms with Crippen molar-refractivity contribution in [2.24, 2.45) is 35.5 Å². The summed E-state index contributed by atoms with van der Waals surface area (Å²) in [6.45, 7) is 3.66. The third-order valence-corrected chi connectivity index (χ3v) is 8.19. The molecule has 0 aromatic rings. The third-order valence-electron chi connectivity index (χ3n) is 8.19. The van der Waals surface area contributed by atoms with Gasteiger partial charge in [-0.1, -0.05) is 37.6 Å². The van der Waals surface area contributed by atoms with Crippen LogP contribution >= 0.6 is 0 Å². The number of methoxy groups -OCH3 is 1. The monoisotopic (exact) mass is 442 g/mol. The van der Waals surface area contributed by atoms with Gasteiger partial charge in [0.25, 0.3) is 0 Å². The number of carbonyl (C=O) groups is 2. The average Bonchev–Trinajstić information content (AvgIpc) is 3.37. The highest BCUT2D eigenvalue weighted by molar-refractivity contribution is 5.99. The molecular formula is C27H38O5. The first-order valence-corrected chi connectivity index (χ1v) is 12.4. The Labute approximate surface area is 191 Å². The van der Waals surface area contributed by atoms with Crippen LogP contribution in [0.1, 0.15) is 58.8 Å². The molecule has 1 heterocycles. The van der Waals surface area contributed by atoms with Crippen LogP contribution in [0.25, 0.3) is 0 Å². The summed E-state index contributed by atoms with van der Waals surface area (Å²) in [6.07, 6.45) is 15.3. The van der Waals surface area contributed by atoms with Gasteiger partial charge in [-0.25, -0.2) is 0 Å². The van der Waals surface area contributed by atoms with Crippen molar-refractivity contribution in [3.05, 3.63) is 36.0 Å². The number of esters is 1. The van der Waals surface area contributed by atoms with E-state index in [1.807, 2.05) is 6.92 Å². The van der Waals surface area contributed by atoms with Gasteiger partial charge in [-0.15, -0.1) is 0 Å². The second-order valence-electron chi connectivity index (χ2n) is 10.2. The fourth-order valence-electron chi connectivity index (χ4n) is 6.50. The number of aliphatic hydroxyl groups is 1. The molecule has 1 saturated carbocycles. The quantitative estimate of drug-likeness (QED) is 0.518. The Morgan fingerprint density at radius 1 is 1.12 bits per heavy atom. The van der Waals surface area contributed by atoms with Gasteiger partial charge in [-0.05, 0) is 74.3 Å². The Bertz CT molecular complexity index is 794. The van der Waals surface area contributed by atoms with E-state index < -0.39 is 6.10 Å². The molecule has 6 unspecified atom stereocenters. The van der Waals surface area contributed by atoms with E-state index in [1.165, 1.54) is 19.3 Å². The molecule has 1 saturated heterocycles. The maximum absolute atomic E-state index is 13.6. The van der Waals surface area contributed by atoms with E-state index in [-0.39, 0.29) is 48.1 Å². The van der Waals surface area contributed by atoms with Gasteiger partial charge in [0.05, 0.1) is 18.6 Å². The van der Waals surface area contributed by atoms with Gasteiger partial charge in [0, 0.05) is 18.9 Å². The molecule has 0 spiro atoms. The Hall–Kier alpha value is -1.72. The van der Waals surface area contributed by atoms with E-state index in [9.17, 15) is 14.7 Å². The van der Waals surface area contributed by atoms with Crippen molar-refractivity contribution in [1.82, 2.24) is 0 Å². The topological polar surface area (TPSA) is 72.8 Å². The molecule has 5 nitrogen and oxygen atoms in total. The largest absolute Gasteiger partial charge is 0.458 e. The number of carbonyl (C=O) groups excluding carboxylic acids is 2. The van der Waals surface area contributed by atoms with Gasteiger partial charge in [0.15, 0.2) is 5.78 Å². The number of cyclic esters (lactones) is 1. The molecule has 2 fully saturated rings. The summed E-state index contributed by atoms with van der Waals surface area (Å²) in [6, 6.07) is 0. The SMILES string of the molecule is CO[C@H]1CCC[C@H](/C=C/C(C)O)OC(=O)CC2C(=CC3C2C=CC2CCCC23)C(=O)[C@@H]1C. The smallest absolute Gasteiger partial charge is 0.307 e. The number of rotatable bonds is 3. The van der Waals surface area contributed by atoms with Crippen LogP contribution in [-0.4, -0.2) is 42.3 Å². The Morgan fingerprint density at radius 3 is 2.66 bits per heavy atom. The summed E-state index contributed by atoms with van der Waals surface area (Å²) in [4.78, 5) is 26.6. The van der Waals surface area contributed by atoms with Crippen molar-refractivity contribution in [2.75, 3.05) is 7.11 Å². The fourth-order valence-corrected chi connectivity index (χ4v) is 6.50. The minimum absolute atomic E-state index is 0.126. The molecule has 9 atom stereocenters. The van der Waals surface area contributed by atoms with E-state index in [1.54, 1.807) is 26.2 Å². The van der Waals surface area contributed by atoms with Gasteiger partial charge < -0.3 is 14.6 Å². The molecule has 0 radical (unpaired) electrons. The van der Waals surface area contributed by atoms with E-state index in [2.05, 4.69) is 18.2 Å². The van der Waals surface area contributed by atoms with Crippen LogP contribution < -0.4 is 0 Å². The lowest BCUT2D eigenvalue weighted by molar-refractivity contribution is -0.148. The summed E-state index contributed by atoms with van der Waals surface area (Å²) in [7, 11) is 1.68. The normalized spacial score (nSPS) is 41.2. The fraction of sp³-hybridized carbons (Fsp3) is 0.704. The van der Waals surface area contributed by atoms with Gasteiger partial charge in [-0.2, -0.15) is 0 Å². The summed E-state index contributed by atoms with van der Waals surface area (Å²) in [5, 5.41) is 9.63. The molecule has 1 aliphatic heterocycles. The second kappa shape index (κ2) is 10.0. The summed E-state index contributed by atoms with van der Waals surface area (Å²) in [5.74, 6) is 1.25. The molecule has 0 bridgehead atoms. The molecule has 4 rings (SSSR count). The first kappa shape index (κ1) is 23.4. The number of Topliss-reactive ketones (excluding diaryl/α,β-unsaturated/α-hetero) is 1. The first-order valence-electron chi connectivity index (χ1n) is 12.4. The number of aliphatic hydroxyl groups excluding tert-OH is 1. The number of hydrogen-bond acceptors (Lipinski definition) is 5. The lowest BCUT2D eigenvalue weighted by atomic mass is 9.70. The molecule has 1 N–H and O–H groups in total. The highest BCUT2D eigenvalue weighted by Gasteiger charge is 2.48. The summed E-state index contributed by atoms with van der Waals surface area (Å²) >= 11 is 0. The zero-order valence-electron chi connectivity index (χ0n) is 19.6. The molecule has 0 aromatic heterocycles. The van der Waals surface area contributed by atoms with Crippen molar-refractivity contribution in [1.29, 1.82) is 0 Å². The lowest BCUT2D eigenvalue weighted by Crippen LogP contribution is -2.34. The maximum Gasteiger partial charge on any atom is 0.307 e. The number of hydrogen-bond donors (Lipinski definition) is 1. The summed E-state index contributed by atoms with van der Waals surface area (Å²) < 4.78 is 11.6. The van der Waals surface area contributed by atoms with Crippen LogP contribution in [0.5, 0.6) is 0 Å². The second-order valence-corrected chi connectivity index (χ2v) is 10.2. The molecule has 176 valence electrons. The lowest BCUT2D eigenvalue weighted by Gasteiger charge is -2.34. The van der Waals surface area contributed by atoms with Crippen LogP contribution in [0.3, 0.4) is 0 Å². The van der Waals surface area contributed by atoms with Crippen molar-refractivity contribution < 1.29 is 24.2 Å². The van der Waals surface area contributed by atoms with E-state index >= 15 is 0 Å². The molecule has 32 heavy (non-hydrogen) atoms. The molecule has 0 aromatic carbocycles. The minimum atomic E-state index is -0.587. The van der Waals surface area contributed by atoms with Crippen molar-refractivity contribution in [2.45, 2.75) is 77.1 Å². The number of ether oxygens (including phenoxy) is 2. The van der Waals surface area contributed by atoms with E-state index in [0.29, 0.717) is 24.2 Å². The summed E-state index contributed by atoms with van der Waals surface area (Å²) in [5.41, 5.74) is 0.820. The van der Waals surface area contributed by atoms with Gasteiger partial charge in [0.2, 0.25) is 0 Å². The van der Waals surface area contributed by atoms with Crippen LogP contribution in [0, 0.1) is 35.5 Å². The van der Waals surface area contributed by atoms with E-state index in [0.717, 1.165) is 18.4 Å². The van der Waals surface area contributed by atoms with Crippen molar-refractivity contribution >= 4 is 11.8 Å². The number of ketones is 1. The predicted molar refractivity (Wildman–Crippen MR) is 123 cm³/mol. The molecule has 4 aliphatic rings. The van der Waals surface area contributed by atoms with Crippen molar-refractivity contribution in [3.63, 3.8) is 0 Å². The van der Waals surface area contributed by atoms with E-state index in [4.69, 9.17) is 9.47 Å².